The van der Waals surface area contributed by atoms with Crippen LogP contribution in [-0.4, -0.2) is 47.9 Å². The molecule has 2 N–H and O–H groups in total. The lowest BCUT2D eigenvalue weighted by Gasteiger charge is -2.17. The van der Waals surface area contributed by atoms with E-state index < -0.39 is 0 Å². The summed E-state index contributed by atoms with van der Waals surface area (Å²) in [5.41, 5.74) is 2.26. The van der Waals surface area contributed by atoms with Gasteiger partial charge in [0.15, 0.2) is 11.5 Å². The van der Waals surface area contributed by atoms with E-state index in [9.17, 15) is 4.79 Å². The summed E-state index contributed by atoms with van der Waals surface area (Å²) in [5.74, 6) is 1.03. The molecule has 1 fully saturated rings. The zero-order chi connectivity index (χ0) is 20.0. The molecule has 5 rings (SSSR count). The van der Waals surface area contributed by atoms with Crippen molar-refractivity contribution in [2.45, 2.75) is 25.3 Å². The van der Waals surface area contributed by atoms with Crippen LogP contribution in [0, 0.1) is 0 Å². The molecule has 0 spiro atoms. The zero-order valence-corrected chi connectivity index (χ0v) is 17.3. The summed E-state index contributed by atoms with van der Waals surface area (Å²) in [6.45, 7) is 0.706. The van der Waals surface area contributed by atoms with Gasteiger partial charge in [0.2, 0.25) is 11.9 Å². The van der Waals surface area contributed by atoms with E-state index in [2.05, 4.69) is 36.8 Å². The number of hydrogen-bond acceptors (Lipinski definition) is 6. The number of nitrogens with one attached hydrogen (secondary N) is 2. The van der Waals surface area contributed by atoms with Gasteiger partial charge in [-0.1, -0.05) is 6.07 Å². The Morgan fingerprint density at radius 3 is 3.00 bits per heavy atom. The molecule has 0 saturated carbocycles. The molecule has 3 aromatic heterocycles. The van der Waals surface area contributed by atoms with Gasteiger partial charge in [0.25, 0.3) is 0 Å². The Morgan fingerprint density at radius 1 is 1.28 bits per heavy atom. The van der Waals surface area contributed by atoms with Crippen LogP contribution in [0.15, 0.2) is 35.1 Å². The molecular weight excluding hydrogens is 436 g/mol. The lowest BCUT2D eigenvalue weighted by Crippen LogP contribution is -2.38. The minimum Gasteiger partial charge on any atom is -0.354 e. The standard InChI is InChI=1S/C19H19BrN8O/c1-27-10-11(9-22-27)16-25-17-12-5-4-6-13(20)15(12)24-19(28(17)26-16)23-14-7-2-3-8-21-18(14)29/h4-6,9-10,14H,2-3,7-8H2,1H3,(H,21,29)(H,23,24)/t14-/m1/s1. The summed E-state index contributed by atoms with van der Waals surface area (Å²) in [4.78, 5) is 22.0. The van der Waals surface area contributed by atoms with Crippen LogP contribution in [0.25, 0.3) is 27.9 Å². The predicted octanol–water partition coefficient (Wildman–Crippen LogP) is 2.52. The number of aryl methyl sites for hydroxylation is 1. The Hall–Kier alpha value is -3.01. The number of fused-ring (bicyclic) bond motifs is 3. The summed E-state index contributed by atoms with van der Waals surface area (Å²) in [6.07, 6.45) is 6.28. The molecule has 0 bridgehead atoms. The maximum Gasteiger partial charge on any atom is 0.242 e. The Bertz CT molecular complexity index is 1230. The van der Waals surface area contributed by atoms with Crippen LogP contribution < -0.4 is 10.6 Å². The van der Waals surface area contributed by atoms with Crippen molar-refractivity contribution in [3.05, 3.63) is 35.1 Å². The first-order valence-electron chi connectivity index (χ1n) is 9.48. The molecule has 1 aromatic carbocycles. The van der Waals surface area contributed by atoms with E-state index in [-0.39, 0.29) is 11.9 Å². The maximum absolute atomic E-state index is 12.4. The Balaban J connectivity index is 1.69. The molecule has 4 heterocycles. The average Bonchev–Trinajstić information content (AvgIpc) is 3.29. The number of rotatable bonds is 3. The van der Waals surface area contributed by atoms with Crippen molar-refractivity contribution in [1.29, 1.82) is 0 Å². The molecule has 1 aliphatic heterocycles. The minimum atomic E-state index is -0.362. The lowest BCUT2D eigenvalue weighted by atomic mass is 10.1. The number of nitrogens with zero attached hydrogens (tertiary/aromatic N) is 6. The van der Waals surface area contributed by atoms with E-state index in [1.807, 2.05) is 31.4 Å². The number of halogens is 1. The summed E-state index contributed by atoms with van der Waals surface area (Å²) in [6, 6.07) is 5.48. The predicted molar refractivity (Wildman–Crippen MR) is 112 cm³/mol. The maximum atomic E-state index is 12.4. The number of aromatic nitrogens is 6. The number of para-hydroxylation sites is 1. The van der Waals surface area contributed by atoms with E-state index in [0.29, 0.717) is 24.0 Å². The number of carbonyl (C=O) groups excluding carboxylic acids is 1. The fourth-order valence-corrected chi connectivity index (χ4v) is 4.04. The molecule has 9 nitrogen and oxygen atoms in total. The first-order valence-corrected chi connectivity index (χ1v) is 10.3. The van der Waals surface area contributed by atoms with Gasteiger partial charge in [0.1, 0.15) is 6.04 Å². The van der Waals surface area contributed by atoms with Gasteiger partial charge < -0.3 is 10.6 Å². The van der Waals surface area contributed by atoms with Crippen LogP contribution in [0.4, 0.5) is 5.95 Å². The topological polar surface area (TPSA) is 102 Å². The average molecular weight is 455 g/mol. The normalized spacial score (nSPS) is 17.4. The van der Waals surface area contributed by atoms with E-state index in [1.165, 1.54) is 0 Å². The molecule has 1 amide bonds. The highest BCUT2D eigenvalue weighted by molar-refractivity contribution is 9.10. The SMILES string of the molecule is Cn1cc(-c2nc3c4cccc(Br)c4nc(N[C@@H]4CCCCNC4=O)n3n2)cn1. The van der Waals surface area contributed by atoms with Crippen molar-refractivity contribution in [2.75, 3.05) is 11.9 Å². The minimum absolute atomic E-state index is 0.0164. The van der Waals surface area contributed by atoms with Crippen molar-refractivity contribution < 1.29 is 4.79 Å². The smallest absolute Gasteiger partial charge is 0.242 e. The van der Waals surface area contributed by atoms with Gasteiger partial charge in [-0.25, -0.2) is 9.97 Å². The molecule has 1 saturated heterocycles. The fraction of sp³-hybridized carbons (Fsp3) is 0.316. The lowest BCUT2D eigenvalue weighted by molar-refractivity contribution is -0.121. The molecule has 0 unspecified atom stereocenters. The van der Waals surface area contributed by atoms with Gasteiger partial charge in [-0.2, -0.15) is 9.61 Å². The highest BCUT2D eigenvalue weighted by Gasteiger charge is 2.24. The highest BCUT2D eigenvalue weighted by atomic mass is 79.9. The van der Waals surface area contributed by atoms with Crippen molar-refractivity contribution in [3.63, 3.8) is 0 Å². The van der Waals surface area contributed by atoms with Crippen LogP contribution in [0.2, 0.25) is 0 Å². The molecule has 148 valence electrons. The first-order chi connectivity index (χ1) is 14.1. The summed E-state index contributed by atoms with van der Waals surface area (Å²) >= 11 is 3.58. The van der Waals surface area contributed by atoms with Crippen LogP contribution >= 0.6 is 15.9 Å². The van der Waals surface area contributed by atoms with Gasteiger partial charge >= 0.3 is 0 Å². The summed E-state index contributed by atoms with van der Waals surface area (Å²) in [5, 5.41) is 16.0. The number of anilines is 1. The monoisotopic (exact) mass is 454 g/mol. The summed E-state index contributed by atoms with van der Waals surface area (Å²) in [7, 11) is 1.85. The number of amides is 1. The molecular formula is C19H19BrN8O. The van der Waals surface area contributed by atoms with Gasteiger partial charge in [-0.3, -0.25) is 9.48 Å². The van der Waals surface area contributed by atoms with Gasteiger partial charge in [-0.05, 0) is 47.3 Å². The second kappa shape index (κ2) is 7.11. The van der Waals surface area contributed by atoms with Gasteiger partial charge in [-0.15, -0.1) is 5.10 Å². The molecule has 29 heavy (non-hydrogen) atoms. The Labute approximate surface area is 174 Å². The molecule has 10 heteroatoms. The Morgan fingerprint density at radius 2 is 2.17 bits per heavy atom. The third kappa shape index (κ3) is 3.23. The zero-order valence-electron chi connectivity index (χ0n) is 15.8. The van der Waals surface area contributed by atoms with Gasteiger partial charge in [0.05, 0.1) is 17.3 Å². The largest absolute Gasteiger partial charge is 0.354 e. The molecule has 0 aliphatic carbocycles. The van der Waals surface area contributed by atoms with Crippen LogP contribution in [0.5, 0.6) is 0 Å². The third-order valence-electron chi connectivity index (χ3n) is 5.05. The van der Waals surface area contributed by atoms with E-state index in [0.717, 1.165) is 40.2 Å². The highest BCUT2D eigenvalue weighted by Crippen LogP contribution is 2.29. The van der Waals surface area contributed by atoms with Crippen molar-refractivity contribution in [3.8, 4) is 11.4 Å². The first kappa shape index (κ1) is 18.0. The number of benzene rings is 1. The molecule has 0 radical (unpaired) electrons. The quantitative estimate of drug-likeness (QED) is 0.492. The number of hydrogen-bond donors (Lipinski definition) is 2. The van der Waals surface area contributed by atoms with E-state index in [1.54, 1.807) is 15.4 Å². The van der Waals surface area contributed by atoms with Gasteiger partial charge in [0, 0.05) is 29.6 Å². The van der Waals surface area contributed by atoms with Crippen molar-refractivity contribution in [1.82, 2.24) is 34.7 Å². The van der Waals surface area contributed by atoms with Crippen LogP contribution in [-0.2, 0) is 11.8 Å². The van der Waals surface area contributed by atoms with Crippen LogP contribution in [0.1, 0.15) is 19.3 Å². The summed E-state index contributed by atoms with van der Waals surface area (Å²) < 4.78 is 4.25. The molecule has 4 aromatic rings. The van der Waals surface area contributed by atoms with E-state index >= 15 is 0 Å². The van der Waals surface area contributed by atoms with Crippen LogP contribution in [0.3, 0.4) is 0 Å². The van der Waals surface area contributed by atoms with Crippen molar-refractivity contribution in [2.24, 2.45) is 7.05 Å². The van der Waals surface area contributed by atoms with Crippen molar-refractivity contribution >= 4 is 44.3 Å². The molecule has 1 atom stereocenters. The third-order valence-corrected chi connectivity index (χ3v) is 5.69. The number of carbonyl (C=O) groups is 1. The molecule has 1 aliphatic rings. The fourth-order valence-electron chi connectivity index (χ4n) is 3.58. The second-order valence-corrected chi connectivity index (χ2v) is 7.98. The van der Waals surface area contributed by atoms with E-state index in [4.69, 9.17) is 9.97 Å². The second-order valence-electron chi connectivity index (χ2n) is 7.13. The Kier molecular flexibility index (Phi) is 4.42.